The first kappa shape index (κ1) is 9.49. The van der Waals surface area contributed by atoms with E-state index in [0.717, 1.165) is 27.6 Å². The van der Waals surface area contributed by atoms with Crippen molar-refractivity contribution in [2.45, 2.75) is 20.0 Å². The van der Waals surface area contributed by atoms with Crippen LogP contribution in [0.2, 0.25) is 0 Å². The van der Waals surface area contributed by atoms with Gasteiger partial charge in [0, 0.05) is 5.39 Å². The lowest BCUT2D eigenvalue weighted by Gasteiger charge is -2.08. The van der Waals surface area contributed by atoms with E-state index in [-0.39, 0.29) is 6.61 Å². The van der Waals surface area contributed by atoms with Gasteiger partial charge in [0.05, 0.1) is 11.3 Å². The van der Waals surface area contributed by atoms with Crippen LogP contribution in [0.5, 0.6) is 5.75 Å². The molecule has 1 heterocycles. The van der Waals surface area contributed by atoms with Gasteiger partial charge in [-0.3, -0.25) is 0 Å². The van der Waals surface area contributed by atoms with E-state index < -0.39 is 0 Å². The lowest BCUT2D eigenvalue weighted by Crippen LogP contribution is -1.92. The van der Waals surface area contributed by atoms with E-state index in [2.05, 4.69) is 0 Å². The van der Waals surface area contributed by atoms with Gasteiger partial charge in [0.1, 0.15) is 5.75 Å². The van der Waals surface area contributed by atoms with Crippen LogP contribution >= 0.6 is 11.3 Å². The molecule has 0 bridgehead atoms. The predicted molar refractivity (Wildman–Crippen MR) is 58.8 cm³/mol. The maximum Gasteiger partial charge on any atom is 0.133 e. The van der Waals surface area contributed by atoms with Crippen molar-refractivity contribution in [3.05, 3.63) is 28.6 Å². The molecule has 0 spiro atoms. The number of thiophene rings is 1. The number of aliphatic hydroxyl groups is 1. The van der Waals surface area contributed by atoms with Gasteiger partial charge < -0.3 is 10.2 Å². The average Bonchev–Trinajstić information content (AvgIpc) is 2.66. The van der Waals surface area contributed by atoms with E-state index in [4.69, 9.17) is 0 Å². The second kappa shape index (κ2) is 3.59. The van der Waals surface area contributed by atoms with Crippen LogP contribution in [-0.4, -0.2) is 10.2 Å². The summed E-state index contributed by atoms with van der Waals surface area (Å²) in [6, 6.07) is 3.70. The summed E-state index contributed by atoms with van der Waals surface area (Å²) >= 11 is 1.50. The molecule has 2 nitrogen and oxygen atoms in total. The summed E-state index contributed by atoms with van der Waals surface area (Å²) in [4.78, 5) is 0. The van der Waals surface area contributed by atoms with Crippen molar-refractivity contribution in [3.63, 3.8) is 0 Å². The molecule has 3 heteroatoms. The summed E-state index contributed by atoms with van der Waals surface area (Å²) in [5.74, 6) is 0.323. The molecule has 1 aromatic carbocycles. The van der Waals surface area contributed by atoms with Crippen molar-refractivity contribution in [1.82, 2.24) is 0 Å². The van der Waals surface area contributed by atoms with Crippen molar-refractivity contribution < 1.29 is 10.2 Å². The summed E-state index contributed by atoms with van der Waals surface area (Å²) in [6.45, 7) is 2.06. The van der Waals surface area contributed by atoms with E-state index in [1.165, 1.54) is 11.3 Å². The van der Waals surface area contributed by atoms with E-state index in [1.807, 2.05) is 18.4 Å². The van der Waals surface area contributed by atoms with E-state index in [0.29, 0.717) is 5.75 Å². The smallest absolute Gasteiger partial charge is 0.133 e. The van der Waals surface area contributed by atoms with Gasteiger partial charge in [0.2, 0.25) is 0 Å². The molecule has 74 valence electrons. The summed E-state index contributed by atoms with van der Waals surface area (Å²) in [6.07, 6.45) is 0.829. The first-order valence-electron chi connectivity index (χ1n) is 4.59. The first-order chi connectivity index (χ1) is 6.77. The number of phenols is 1. The third-order valence-corrected chi connectivity index (χ3v) is 3.40. The first-order valence-corrected chi connectivity index (χ1v) is 5.47. The lowest BCUT2D eigenvalue weighted by atomic mass is 10.0. The Labute approximate surface area is 86.4 Å². The number of phenolic OH excluding ortho intramolecular Hbond substituents is 1. The highest BCUT2D eigenvalue weighted by atomic mass is 32.1. The quantitative estimate of drug-likeness (QED) is 0.796. The molecule has 0 saturated heterocycles. The van der Waals surface area contributed by atoms with Gasteiger partial charge in [-0.25, -0.2) is 0 Å². The molecule has 2 rings (SSSR count). The van der Waals surface area contributed by atoms with Gasteiger partial charge in [-0.1, -0.05) is 6.92 Å². The summed E-state index contributed by atoms with van der Waals surface area (Å²) in [7, 11) is 0. The van der Waals surface area contributed by atoms with Crippen LogP contribution in [0.25, 0.3) is 10.1 Å². The summed E-state index contributed by atoms with van der Waals surface area (Å²) in [5, 5.41) is 21.9. The Morgan fingerprint density at radius 2 is 2.21 bits per heavy atom. The molecule has 0 aliphatic rings. The van der Waals surface area contributed by atoms with Crippen LogP contribution in [0.1, 0.15) is 18.1 Å². The fourth-order valence-electron chi connectivity index (χ4n) is 1.74. The predicted octanol–water partition coefficient (Wildman–Crippen LogP) is 2.66. The number of aromatic hydroxyl groups is 1. The van der Waals surface area contributed by atoms with Gasteiger partial charge in [-0.2, -0.15) is 0 Å². The minimum atomic E-state index is 0.0384. The number of hydrogen-bond acceptors (Lipinski definition) is 3. The number of hydrogen-bond donors (Lipinski definition) is 2. The third kappa shape index (κ3) is 1.29. The molecule has 0 amide bonds. The van der Waals surface area contributed by atoms with Gasteiger partial charge in [-0.05, 0) is 35.1 Å². The largest absolute Gasteiger partial charge is 0.506 e. The lowest BCUT2D eigenvalue weighted by molar-refractivity contribution is 0.282. The van der Waals surface area contributed by atoms with Crippen LogP contribution in [0, 0.1) is 0 Å². The topological polar surface area (TPSA) is 40.5 Å². The molecule has 2 aromatic rings. The van der Waals surface area contributed by atoms with Gasteiger partial charge in [0.25, 0.3) is 0 Å². The van der Waals surface area contributed by atoms with Crippen molar-refractivity contribution in [1.29, 1.82) is 0 Å². The Balaban J connectivity index is 2.82. The highest BCUT2D eigenvalue weighted by molar-refractivity contribution is 7.17. The minimum Gasteiger partial charge on any atom is -0.506 e. The van der Waals surface area contributed by atoms with Crippen LogP contribution in [-0.2, 0) is 13.0 Å². The SMILES string of the molecule is CCc1cc(O)c2sccc2c1CO. The van der Waals surface area contributed by atoms with Crippen molar-refractivity contribution >= 4 is 21.4 Å². The summed E-state index contributed by atoms with van der Waals surface area (Å²) in [5.41, 5.74) is 1.97. The molecule has 1 aromatic heterocycles. The average molecular weight is 208 g/mol. The van der Waals surface area contributed by atoms with Crippen molar-refractivity contribution in [3.8, 4) is 5.75 Å². The van der Waals surface area contributed by atoms with E-state index in [1.54, 1.807) is 6.07 Å². The van der Waals surface area contributed by atoms with Gasteiger partial charge in [0.15, 0.2) is 0 Å². The molecule has 0 aliphatic heterocycles. The highest BCUT2D eigenvalue weighted by Gasteiger charge is 2.10. The van der Waals surface area contributed by atoms with E-state index in [9.17, 15) is 10.2 Å². The zero-order valence-corrected chi connectivity index (χ0v) is 8.77. The Morgan fingerprint density at radius 1 is 1.43 bits per heavy atom. The van der Waals surface area contributed by atoms with E-state index >= 15 is 0 Å². The van der Waals surface area contributed by atoms with Crippen molar-refractivity contribution in [2.75, 3.05) is 0 Å². The second-order valence-electron chi connectivity index (χ2n) is 3.21. The molecule has 0 radical (unpaired) electrons. The number of fused-ring (bicyclic) bond motifs is 1. The normalized spacial score (nSPS) is 11.0. The number of rotatable bonds is 2. The molecule has 0 aliphatic carbocycles. The zero-order chi connectivity index (χ0) is 10.1. The number of benzene rings is 1. The molecule has 0 fully saturated rings. The third-order valence-electron chi connectivity index (χ3n) is 2.46. The fourth-order valence-corrected chi connectivity index (χ4v) is 2.58. The standard InChI is InChI=1S/C11H12O2S/c1-2-7-5-10(13)11-8(3-4-14-11)9(7)6-12/h3-5,12-13H,2,6H2,1H3. The zero-order valence-electron chi connectivity index (χ0n) is 7.95. The summed E-state index contributed by atoms with van der Waals surface area (Å²) < 4.78 is 0.867. The van der Waals surface area contributed by atoms with Crippen LogP contribution in [0.4, 0.5) is 0 Å². The molecule has 14 heavy (non-hydrogen) atoms. The highest BCUT2D eigenvalue weighted by Crippen LogP contribution is 2.34. The maximum atomic E-state index is 9.72. The minimum absolute atomic E-state index is 0.0384. The fraction of sp³-hybridized carbons (Fsp3) is 0.273. The molecule has 0 saturated carbocycles. The maximum absolute atomic E-state index is 9.72. The Hall–Kier alpha value is -1.06. The number of aliphatic hydroxyl groups excluding tert-OH is 1. The van der Waals surface area contributed by atoms with Crippen molar-refractivity contribution in [2.24, 2.45) is 0 Å². The Bertz CT molecular complexity index is 460. The molecule has 0 atom stereocenters. The van der Waals surface area contributed by atoms with Crippen LogP contribution in [0.3, 0.4) is 0 Å². The number of aryl methyl sites for hydroxylation is 1. The van der Waals surface area contributed by atoms with Gasteiger partial charge in [-0.15, -0.1) is 11.3 Å². The van der Waals surface area contributed by atoms with Crippen LogP contribution < -0.4 is 0 Å². The molecule has 0 unspecified atom stereocenters. The second-order valence-corrected chi connectivity index (χ2v) is 4.12. The van der Waals surface area contributed by atoms with Crippen LogP contribution in [0.15, 0.2) is 17.5 Å². The molecular weight excluding hydrogens is 196 g/mol. The molecular formula is C11H12O2S. The Morgan fingerprint density at radius 3 is 2.86 bits per heavy atom. The molecule has 2 N–H and O–H groups in total. The monoisotopic (exact) mass is 208 g/mol. The van der Waals surface area contributed by atoms with Gasteiger partial charge >= 0.3 is 0 Å². The Kier molecular flexibility index (Phi) is 2.44.